The summed E-state index contributed by atoms with van der Waals surface area (Å²) in [7, 11) is 0. The highest BCUT2D eigenvalue weighted by molar-refractivity contribution is 5.94. The van der Waals surface area contributed by atoms with Crippen LogP contribution in [0.3, 0.4) is 0 Å². The van der Waals surface area contributed by atoms with Gasteiger partial charge in [-0.3, -0.25) is 9.48 Å². The van der Waals surface area contributed by atoms with Crippen LogP contribution in [0.5, 0.6) is 5.75 Å². The molecule has 0 spiro atoms. The summed E-state index contributed by atoms with van der Waals surface area (Å²) >= 11 is 0. The first kappa shape index (κ1) is 15.9. The van der Waals surface area contributed by atoms with Gasteiger partial charge >= 0.3 is 6.61 Å². The van der Waals surface area contributed by atoms with Crippen molar-refractivity contribution >= 4 is 5.91 Å². The van der Waals surface area contributed by atoms with Gasteiger partial charge in [-0.25, -0.2) is 0 Å². The lowest BCUT2D eigenvalue weighted by Gasteiger charge is -2.08. The van der Waals surface area contributed by atoms with Gasteiger partial charge in [0.25, 0.3) is 5.91 Å². The minimum atomic E-state index is -2.91. The maximum atomic E-state index is 12.1. The third-order valence-corrected chi connectivity index (χ3v) is 2.93. The van der Waals surface area contributed by atoms with Crippen LogP contribution in [0.2, 0.25) is 0 Å². The summed E-state index contributed by atoms with van der Waals surface area (Å²) in [6, 6.07) is 5.71. The van der Waals surface area contributed by atoms with E-state index in [0.29, 0.717) is 13.1 Å². The number of amides is 1. The van der Waals surface area contributed by atoms with Gasteiger partial charge in [0.2, 0.25) is 0 Å². The molecule has 0 unspecified atom stereocenters. The molecule has 0 saturated heterocycles. The lowest BCUT2D eigenvalue weighted by molar-refractivity contribution is -0.0498. The molecule has 7 heteroatoms. The fourth-order valence-electron chi connectivity index (χ4n) is 1.95. The standard InChI is InChI=1S/C15H17F2N3O2/c1-11-9-19-20(10-11)7-3-6-18-14(21)12-4-2-5-13(8-12)22-15(16)17/h2,4-5,8-10,15H,3,6-7H2,1H3,(H,18,21). The molecule has 0 atom stereocenters. The van der Waals surface area contributed by atoms with Gasteiger partial charge in [0.15, 0.2) is 0 Å². The molecule has 5 nitrogen and oxygen atoms in total. The van der Waals surface area contributed by atoms with Crippen LogP contribution in [0.1, 0.15) is 22.3 Å². The molecule has 0 aliphatic rings. The second kappa shape index (κ2) is 7.53. The number of rotatable bonds is 7. The average Bonchev–Trinajstić information content (AvgIpc) is 2.88. The van der Waals surface area contributed by atoms with Gasteiger partial charge in [0, 0.05) is 24.8 Å². The van der Waals surface area contributed by atoms with E-state index >= 15 is 0 Å². The molecule has 0 fully saturated rings. The number of hydrogen-bond donors (Lipinski definition) is 1. The van der Waals surface area contributed by atoms with Crippen LogP contribution in [-0.4, -0.2) is 28.8 Å². The monoisotopic (exact) mass is 309 g/mol. The number of nitrogens with zero attached hydrogens (tertiary/aromatic N) is 2. The van der Waals surface area contributed by atoms with Crippen molar-refractivity contribution in [3.8, 4) is 5.75 Å². The first-order valence-corrected chi connectivity index (χ1v) is 6.87. The van der Waals surface area contributed by atoms with Crippen molar-refractivity contribution in [1.29, 1.82) is 0 Å². The van der Waals surface area contributed by atoms with E-state index in [9.17, 15) is 13.6 Å². The molecular weight excluding hydrogens is 292 g/mol. The molecule has 1 N–H and O–H groups in total. The third kappa shape index (κ3) is 4.83. The van der Waals surface area contributed by atoms with Crippen molar-refractivity contribution in [3.63, 3.8) is 0 Å². The minimum absolute atomic E-state index is 0.0327. The van der Waals surface area contributed by atoms with Crippen LogP contribution < -0.4 is 10.1 Å². The quantitative estimate of drug-likeness (QED) is 0.800. The maximum Gasteiger partial charge on any atom is 0.387 e. The highest BCUT2D eigenvalue weighted by Gasteiger charge is 2.09. The maximum absolute atomic E-state index is 12.1. The van der Waals surface area contributed by atoms with Gasteiger partial charge in [-0.2, -0.15) is 13.9 Å². The molecule has 0 aliphatic heterocycles. The lowest BCUT2D eigenvalue weighted by Crippen LogP contribution is -2.25. The Morgan fingerprint density at radius 3 is 2.95 bits per heavy atom. The predicted molar refractivity (Wildman–Crippen MR) is 77.0 cm³/mol. The fraction of sp³-hybridized carbons (Fsp3) is 0.333. The Kier molecular flexibility index (Phi) is 5.46. The van der Waals surface area contributed by atoms with E-state index in [-0.39, 0.29) is 17.2 Å². The van der Waals surface area contributed by atoms with Crippen molar-refractivity contribution in [2.75, 3.05) is 6.54 Å². The Labute approximate surface area is 126 Å². The summed E-state index contributed by atoms with van der Waals surface area (Å²) in [5.41, 5.74) is 1.37. The van der Waals surface area contributed by atoms with Gasteiger partial charge in [-0.05, 0) is 37.1 Å². The Morgan fingerprint density at radius 2 is 2.27 bits per heavy atom. The molecular formula is C15H17F2N3O2. The Bertz CT molecular complexity index is 629. The number of ether oxygens (including phenoxy) is 1. The molecule has 118 valence electrons. The number of carbonyl (C=O) groups excluding carboxylic acids is 1. The summed E-state index contributed by atoms with van der Waals surface area (Å²) in [5.74, 6) is -0.356. The van der Waals surface area contributed by atoms with Crippen molar-refractivity contribution in [1.82, 2.24) is 15.1 Å². The molecule has 0 bridgehead atoms. The van der Waals surface area contributed by atoms with E-state index in [1.807, 2.05) is 13.1 Å². The van der Waals surface area contributed by atoms with Gasteiger partial charge in [-0.1, -0.05) is 6.07 Å². The fourth-order valence-corrected chi connectivity index (χ4v) is 1.95. The number of hydrogen-bond acceptors (Lipinski definition) is 3. The largest absolute Gasteiger partial charge is 0.435 e. The summed E-state index contributed by atoms with van der Waals surface area (Å²) in [6.45, 7) is 0.218. The van der Waals surface area contributed by atoms with Gasteiger partial charge in [0.1, 0.15) is 5.75 Å². The first-order chi connectivity index (χ1) is 10.5. The number of carbonyl (C=O) groups is 1. The average molecular weight is 309 g/mol. The normalized spacial score (nSPS) is 10.7. The summed E-state index contributed by atoms with van der Waals surface area (Å²) < 4.78 is 30.3. The zero-order chi connectivity index (χ0) is 15.9. The van der Waals surface area contributed by atoms with Gasteiger partial charge in [-0.15, -0.1) is 0 Å². The van der Waals surface area contributed by atoms with Crippen LogP contribution >= 0.6 is 0 Å². The number of aromatic nitrogens is 2. The Hall–Kier alpha value is -2.44. The number of aryl methyl sites for hydroxylation is 2. The van der Waals surface area contributed by atoms with Gasteiger partial charge in [0.05, 0.1) is 6.20 Å². The predicted octanol–water partition coefficient (Wildman–Crippen LogP) is 2.61. The van der Waals surface area contributed by atoms with E-state index < -0.39 is 6.61 Å². The molecule has 2 rings (SSSR count). The third-order valence-electron chi connectivity index (χ3n) is 2.93. The molecule has 0 saturated carbocycles. The SMILES string of the molecule is Cc1cnn(CCCNC(=O)c2cccc(OC(F)F)c2)c1. The second-order valence-corrected chi connectivity index (χ2v) is 4.80. The van der Waals surface area contributed by atoms with Crippen molar-refractivity contribution in [3.05, 3.63) is 47.8 Å². The summed E-state index contributed by atoms with van der Waals surface area (Å²) in [4.78, 5) is 11.9. The second-order valence-electron chi connectivity index (χ2n) is 4.80. The zero-order valence-corrected chi connectivity index (χ0v) is 12.1. The molecule has 0 radical (unpaired) electrons. The van der Waals surface area contributed by atoms with Crippen LogP contribution in [0, 0.1) is 6.92 Å². The minimum Gasteiger partial charge on any atom is -0.435 e. The molecule has 1 aromatic heterocycles. The molecule has 22 heavy (non-hydrogen) atoms. The van der Waals surface area contributed by atoms with Crippen LogP contribution in [0.15, 0.2) is 36.7 Å². The summed E-state index contributed by atoms with van der Waals surface area (Å²) in [5, 5.41) is 6.88. The molecule has 0 aliphatic carbocycles. The highest BCUT2D eigenvalue weighted by Crippen LogP contribution is 2.15. The number of alkyl halides is 2. The van der Waals surface area contributed by atoms with E-state index in [2.05, 4.69) is 15.2 Å². The Morgan fingerprint density at radius 1 is 1.45 bits per heavy atom. The molecule has 1 aromatic carbocycles. The van der Waals surface area contributed by atoms with E-state index in [4.69, 9.17) is 0 Å². The highest BCUT2D eigenvalue weighted by atomic mass is 19.3. The molecule has 1 heterocycles. The van der Waals surface area contributed by atoms with E-state index in [1.54, 1.807) is 16.9 Å². The van der Waals surface area contributed by atoms with E-state index in [1.165, 1.54) is 18.2 Å². The number of nitrogens with one attached hydrogen (secondary N) is 1. The van der Waals surface area contributed by atoms with Crippen LogP contribution in [-0.2, 0) is 6.54 Å². The van der Waals surface area contributed by atoms with Gasteiger partial charge < -0.3 is 10.1 Å². The summed E-state index contributed by atoms with van der Waals surface area (Å²) in [6.07, 6.45) is 4.42. The number of halogens is 2. The van der Waals surface area contributed by atoms with Crippen molar-refractivity contribution in [2.45, 2.75) is 26.5 Å². The molecule has 1 amide bonds. The Balaban J connectivity index is 1.79. The smallest absolute Gasteiger partial charge is 0.387 e. The first-order valence-electron chi connectivity index (χ1n) is 6.87. The topological polar surface area (TPSA) is 56.2 Å². The zero-order valence-electron chi connectivity index (χ0n) is 12.1. The van der Waals surface area contributed by atoms with E-state index in [0.717, 1.165) is 12.0 Å². The lowest BCUT2D eigenvalue weighted by atomic mass is 10.2. The van der Waals surface area contributed by atoms with Crippen molar-refractivity contribution < 1.29 is 18.3 Å². The van der Waals surface area contributed by atoms with Crippen LogP contribution in [0.4, 0.5) is 8.78 Å². The molecule has 2 aromatic rings. The van der Waals surface area contributed by atoms with Crippen LogP contribution in [0.25, 0.3) is 0 Å². The van der Waals surface area contributed by atoms with Crippen molar-refractivity contribution in [2.24, 2.45) is 0 Å². The number of benzene rings is 1.